The first-order chi connectivity index (χ1) is 9.11. The summed E-state index contributed by atoms with van der Waals surface area (Å²) in [5.41, 5.74) is 0.305. The van der Waals surface area contributed by atoms with Crippen LogP contribution in [0.4, 0.5) is 5.69 Å². The number of nitrogens with one attached hydrogen (secondary N) is 1. The fourth-order valence-corrected chi connectivity index (χ4v) is 2.58. The molecule has 2 aromatic rings. The van der Waals surface area contributed by atoms with Crippen molar-refractivity contribution in [2.75, 3.05) is 5.32 Å². The molecule has 0 fully saturated rings. The van der Waals surface area contributed by atoms with Crippen molar-refractivity contribution < 1.29 is 0 Å². The van der Waals surface area contributed by atoms with E-state index in [1.165, 1.54) is 4.68 Å². The van der Waals surface area contributed by atoms with Crippen molar-refractivity contribution in [2.45, 2.75) is 33.4 Å². The molecule has 0 unspecified atom stereocenters. The lowest BCUT2D eigenvalue weighted by Crippen LogP contribution is -2.24. The fourth-order valence-electron chi connectivity index (χ4n) is 1.63. The number of nitrogens with zero attached hydrogens (tertiary/aromatic N) is 3. The van der Waals surface area contributed by atoms with Crippen LogP contribution >= 0.6 is 22.9 Å². The molecular formula is C12H15ClN4OS. The van der Waals surface area contributed by atoms with E-state index in [1.54, 1.807) is 17.5 Å². The lowest BCUT2D eigenvalue weighted by atomic mass is 10.4. The lowest BCUT2D eigenvalue weighted by Gasteiger charge is -2.08. The molecule has 0 aliphatic rings. The Morgan fingerprint density at radius 1 is 1.47 bits per heavy atom. The van der Waals surface area contributed by atoms with Crippen molar-refractivity contribution in [1.29, 1.82) is 0 Å². The van der Waals surface area contributed by atoms with Gasteiger partial charge >= 0.3 is 0 Å². The first-order valence-corrected chi connectivity index (χ1v) is 7.22. The van der Waals surface area contributed by atoms with Crippen molar-refractivity contribution in [2.24, 2.45) is 0 Å². The monoisotopic (exact) mass is 298 g/mol. The largest absolute Gasteiger partial charge is 0.377 e. The SMILES string of the molecule is CCCn1ncc(NCc2cnc(C)s2)c(Cl)c1=O. The maximum absolute atomic E-state index is 11.9. The van der Waals surface area contributed by atoms with E-state index in [4.69, 9.17) is 11.6 Å². The van der Waals surface area contributed by atoms with Gasteiger partial charge in [-0.05, 0) is 13.3 Å². The van der Waals surface area contributed by atoms with E-state index >= 15 is 0 Å². The van der Waals surface area contributed by atoms with Gasteiger partial charge in [0.25, 0.3) is 5.56 Å². The lowest BCUT2D eigenvalue weighted by molar-refractivity contribution is 0.568. The molecule has 0 atom stereocenters. The van der Waals surface area contributed by atoms with Gasteiger partial charge in [0.2, 0.25) is 0 Å². The molecule has 2 rings (SSSR count). The van der Waals surface area contributed by atoms with E-state index < -0.39 is 0 Å². The number of thiazole rings is 1. The zero-order valence-corrected chi connectivity index (χ0v) is 12.4. The molecular weight excluding hydrogens is 284 g/mol. The third-order valence-corrected chi connectivity index (χ3v) is 3.82. The molecule has 0 saturated heterocycles. The Balaban J connectivity index is 2.13. The minimum Gasteiger partial charge on any atom is -0.377 e. The maximum Gasteiger partial charge on any atom is 0.287 e. The summed E-state index contributed by atoms with van der Waals surface area (Å²) >= 11 is 7.67. The Kier molecular flexibility index (Phi) is 4.55. The molecule has 102 valence electrons. The Morgan fingerprint density at radius 2 is 2.26 bits per heavy atom. The van der Waals surface area contributed by atoms with Crippen molar-refractivity contribution in [3.05, 3.63) is 37.7 Å². The van der Waals surface area contributed by atoms with Crippen LogP contribution < -0.4 is 10.9 Å². The summed E-state index contributed by atoms with van der Waals surface area (Å²) in [4.78, 5) is 17.2. The molecule has 0 aliphatic heterocycles. The van der Waals surface area contributed by atoms with Crippen LogP contribution in [0.1, 0.15) is 23.2 Å². The molecule has 0 saturated carbocycles. The van der Waals surface area contributed by atoms with Crippen LogP contribution in [0.25, 0.3) is 0 Å². The summed E-state index contributed by atoms with van der Waals surface area (Å²) < 4.78 is 1.38. The smallest absolute Gasteiger partial charge is 0.287 e. The number of anilines is 1. The minimum absolute atomic E-state index is 0.185. The predicted octanol–water partition coefficient (Wildman–Crippen LogP) is 2.68. The van der Waals surface area contributed by atoms with Gasteiger partial charge in [0.05, 0.1) is 23.4 Å². The maximum atomic E-state index is 11.9. The summed E-state index contributed by atoms with van der Waals surface area (Å²) in [5.74, 6) is 0. The quantitative estimate of drug-likeness (QED) is 0.922. The second-order valence-electron chi connectivity index (χ2n) is 4.10. The molecule has 2 heterocycles. The van der Waals surface area contributed by atoms with Crippen LogP contribution in [0.15, 0.2) is 17.2 Å². The zero-order valence-electron chi connectivity index (χ0n) is 10.8. The molecule has 19 heavy (non-hydrogen) atoms. The predicted molar refractivity (Wildman–Crippen MR) is 78.0 cm³/mol. The fraction of sp³-hybridized carbons (Fsp3) is 0.417. The molecule has 0 spiro atoms. The highest BCUT2D eigenvalue weighted by atomic mass is 35.5. The van der Waals surface area contributed by atoms with Gasteiger partial charge in [0.15, 0.2) is 0 Å². The van der Waals surface area contributed by atoms with E-state index in [0.29, 0.717) is 18.8 Å². The van der Waals surface area contributed by atoms with Crippen LogP contribution in [0.3, 0.4) is 0 Å². The molecule has 0 amide bonds. The number of hydrogen-bond acceptors (Lipinski definition) is 5. The molecule has 0 aliphatic carbocycles. The van der Waals surface area contributed by atoms with Gasteiger partial charge in [-0.25, -0.2) is 9.67 Å². The number of rotatable bonds is 5. The highest BCUT2D eigenvalue weighted by Gasteiger charge is 2.09. The van der Waals surface area contributed by atoms with Gasteiger partial charge in [0.1, 0.15) is 5.02 Å². The van der Waals surface area contributed by atoms with E-state index in [9.17, 15) is 4.79 Å². The summed E-state index contributed by atoms with van der Waals surface area (Å²) in [6, 6.07) is 0. The number of halogens is 1. The second-order valence-corrected chi connectivity index (χ2v) is 5.80. The Bertz CT molecular complexity index is 622. The van der Waals surface area contributed by atoms with Gasteiger partial charge in [-0.1, -0.05) is 18.5 Å². The summed E-state index contributed by atoms with van der Waals surface area (Å²) in [6.45, 7) is 5.10. The van der Waals surface area contributed by atoms with E-state index in [2.05, 4.69) is 15.4 Å². The average Bonchev–Trinajstić information content (AvgIpc) is 2.80. The standard InChI is InChI=1S/C12H15ClN4OS/c1-3-4-17-12(18)11(13)10(7-16-17)15-6-9-5-14-8(2)19-9/h5,7,15H,3-4,6H2,1-2H3. The molecule has 1 N–H and O–H groups in total. The van der Waals surface area contributed by atoms with Crippen molar-refractivity contribution in [3.8, 4) is 0 Å². The van der Waals surface area contributed by atoms with Crippen LogP contribution in [-0.4, -0.2) is 14.8 Å². The summed E-state index contributed by atoms with van der Waals surface area (Å²) in [7, 11) is 0. The van der Waals surface area contributed by atoms with Gasteiger partial charge in [-0.3, -0.25) is 4.79 Å². The van der Waals surface area contributed by atoms with Crippen molar-refractivity contribution >= 4 is 28.6 Å². The van der Waals surface area contributed by atoms with Gasteiger partial charge in [-0.2, -0.15) is 5.10 Å². The third kappa shape index (κ3) is 3.33. The Morgan fingerprint density at radius 3 is 2.89 bits per heavy atom. The molecule has 0 bridgehead atoms. The summed E-state index contributed by atoms with van der Waals surface area (Å²) in [6.07, 6.45) is 4.25. The molecule has 5 nitrogen and oxygen atoms in total. The molecule has 7 heteroatoms. The zero-order chi connectivity index (χ0) is 13.8. The van der Waals surface area contributed by atoms with E-state index in [0.717, 1.165) is 16.3 Å². The van der Waals surface area contributed by atoms with Gasteiger partial charge < -0.3 is 5.32 Å². The second kappa shape index (κ2) is 6.16. The number of hydrogen-bond donors (Lipinski definition) is 1. The van der Waals surface area contributed by atoms with Crippen LogP contribution in [0, 0.1) is 6.92 Å². The third-order valence-electron chi connectivity index (χ3n) is 2.54. The van der Waals surface area contributed by atoms with Gasteiger partial charge in [-0.15, -0.1) is 11.3 Å². The molecule has 0 aromatic carbocycles. The summed E-state index contributed by atoms with van der Waals surface area (Å²) in [5, 5.41) is 8.40. The number of aromatic nitrogens is 3. The van der Waals surface area contributed by atoms with E-state index in [-0.39, 0.29) is 10.6 Å². The van der Waals surface area contributed by atoms with E-state index in [1.807, 2.05) is 20.0 Å². The van der Waals surface area contributed by atoms with Crippen LogP contribution in [-0.2, 0) is 13.1 Å². The van der Waals surface area contributed by atoms with Crippen LogP contribution in [0.2, 0.25) is 5.02 Å². The molecule has 2 aromatic heterocycles. The molecule has 0 radical (unpaired) electrons. The first kappa shape index (κ1) is 14.0. The van der Waals surface area contributed by atoms with Crippen molar-refractivity contribution in [1.82, 2.24) is 14.8 Å². The topological polar surface area (TPSA) is 59.8 Å². The van der Waals surface area contributed by atoms with Crippen LogP contribution in [0.5, 0.6) is 0 Å². The first-order valence-electron chi connectivity index (χ1n) is 6.02. The Labute approximate surface area is 120 Å². The average molecular weight is 299 g/mol. The normalized spacial score (nSPS) is 10.7. The van der Waals surface area contributed by atoms with Crippen molar-refractivity contribution in [3.63, 3.8) is 0 Å². The highest BCUT2D eigenvalue weighted by Crippen LogP contribution is 2.18. The highest BCUT2D eigenvalue weighted by molar-refractivity contribution is 7.11. The number of aryl methyl sites for hydroxylation is 2. The minimum atomic E-state index is -0.256. The Hall–Kier alpha value is -1.40. The van der Waals surface area contributed by atoms with Gasteiger partial charge in [0, 0.05) is 17.6 Å².